The minimum absolute atomic E-state index is 0.00174. The smallest absolute Gasteiger partial charge is 0.206 e. The third kappa shape index (κ3) is 7.92. The Labute approximate surface area is 191 Å². The molecule has 4 heteroatoms. The Morgan fingerprint density at radius 2 is 1.47 bits per heavy atom. The number of hydrogen-bond acceptors (Lipinski definition) is 0. The number of allylic oxidation sites excluding steroid dienone is 1. The lowest BCUT2D eigenvalue weighted by molar-refractivity contribution is -0.0790. The summed E-state index contributed by atoms with van der Waals surface area (Å²) in [7, 11) is 0. The van der Waals surface area contributed by atoms with E-state index in [0.29, 0.717) is 5.92 Å². The number of halogens is 4. The molecule has 0 spiro atoms. The summed E-state index contributed by atoms with van der Waals surface area (Å²) in [6.45, 7) is 2.27. The van der Waals surface area contributed by atoms with Crippen molar-refractivity contribution in [2.45, 2.75) is 109 Å². The van der Waals surface area contributed by atoms with Crippen molar-refractivity contribution in [1.29, 1.82) is 0 Å². The van der Waals surface area contributed by atoms with Gasteiger partial charge in [0.1, 0.15) is 5.82 Å². The lowest BCUT2D eigenvalue weighted by Gasteiger charge is -2.38. The molecule has 0 bridgehead atoms. The van der Waals surface area contributed by atoms with Crippen LogP contribution in [0.1, 0.15) is 114 Å². The molecule has 0 heterocycles. The van der Waals surface area contributed by atoms with Gasteiger partial charge in [-0.15, -0.1) is 0 Å². The van der Waals surface area contributed by atoms with E-state index in [4.69, 9.17) is 0 Å². The van der Waals surface area contributed by atoms with Crippen molar-refractivity contribution in [3.05, 3.63) is 41.2 Å². The Morgan fingerprint density at radius 1 is 0.844 bits per heavy atom. The molecule has 0 atom stereocenters. The Balaban J connectivity index is 1.41. The summed E-state index contributed by atoms with van der Waals surface area (Å²) >= 11 is 0. The van der Waals surface area contributed by atoms with Crippen molar-refractivity contribution in [3.63, 3.8) is 0 Å². The Bertz CT molecular complexity index is 705. The summed E-state index contributed by atoms with van der Waals surface area (Å²) in [6, 6.07) is 4.76. The Morgan fingerprint density at radius 3 is 2.06 bits per heavy atom. The first kappa shape index (κ1) is 25.3. The van der Waals surface area contributed by atoms with Crippen LogP contribution in [0, 0.1) is 23.6 Å². The molecule has 0 radical (unpaired) electrons. The molecule has 0 saturated heterocycles. The van der Waals surface area contributed by atoms with E-state index < -0.39 is 12.0 Å². The van der Waals surface area contributed by atoms with Crippen LogP contribution < -0.4 is 0 Å². The molecule has 0 amide bonds. The van der Waals surface area contributed by atoms with Gasteiger partial charge in [-0.3, -0.25) is 0 Å². The van der Waals surface area contributed by atoms with Gasteiger partial charge in [-0.05, 0) is 79.9 Å². The van der Waals surface area contributed by atoms with E-state index >= 15 is 0 Å². The quantitative estimate of drug-likeness (QED) is 0.258. The second-order valence-electron chi connectivity index (χ2n) is 10.3. The highest BCUT2D eigenvalue weighted by Gasteiger charge is 2.31. The van der Waals surface area contributed by atoms with Crippen LogP contribution in [0.4, 0.5) is 17.6 Å². The number of alkyl halides is 3. The SMILES string of the molecule is CCCCCCCC1CCC(C2CCC(c3ccc(C=CC(F)(F)F)c(F)c3)CC2)CC1. The number of unbranched alkanes of at least 4 members (excludes halogenated alkanes) is 4. The fourth-order valence-corrected chi connectivity index (χ4v) is 6.03. The van der Waals surface area contributed by atoms with Gasteiger partial charge in [-0.25, -0.2) is 4.39 Å². The van der Waals surface area contributed by atoms with E-state index in [1.54, 1.807) is 0 Å². The van der Waals surface area contributed by atoms with Gasteiger partial charge in [0.25, 0.3) is 0 Å². The zero-order chi connectivity index (χ0) is 23.0. The summed E-state index contributed by atoms with van der Waals surface area (Å²) in [5.41, 5.74) is 0.943. The molecule has 0 N–H and O–H groups in total. The Hall–Kier alpha value is -1.32. The van der Waals surface area contributed by atoms with Crippen molar-refractivity contribution < 1.29 is 17.6 Å². The maximum absolute atomic E-state index is 14.3. The molecular formula is C28H40F4. The van der Waals surface area contributed by atoms with Crippen LogP contribution in [-0.2, 0) is 0 Å². The first-order chi connectivity index (χ1) is 15.4. The van der Waals surface area contributed by atoms with E-state index in [2.05, 4.69) is 6.92 Å². The highest BCUT2D eigenvalue weighted by atomic mass is 19.4. The molecular weight excluding hydrogens is 412 g/mol. The molecule has 2 aliphatic carbocycles. The monoisotopic (exact) mass is 452 g/mol. The predicted octanol–water partition coefficient (Wildman–Crippen LogP) is 9.84. The van der Waals surface area contributed by atoms with Crippen molar-refractivity contribution in [2.75, 3.05) is 0 Å². The van der Waals surface area contributed by atoms with Crippen molar-refractivity contribution >= 4 is 6.08 Å². The van der Waals surface area contributed by atoms with E-state index in [1.165, 1.54) is 89.2 Å². The summed E-state index contributed by atoms with van der Waals surface area (Å²) in [5, 5.41) is 0. The van der Waals surface area contributed by atoms with Gasteiger partial charge in [0.05, 0.1) is 0 Å². The van der Waals surface area contributed by atoms with Crippen LogP contribution in [0.2, 0.25) is 0 Å². The number of hydrogen-bond donors (Lipinski definition) is 0. The molecule has 180 valence electrons. The first-order valence-corrected chi connectivity index (χ1v) is 12.9. The normalized spacial score (nSPS) is 27.2. The molecule has 0 aromatic heterocycles. The van der Waals surface area contributed by atoms with E-state index in [0.717, 1.165) is 42.2 Å². The van der Waals surface area contributed by atoms with Crippen molar-refractivity contribution in [3.8, 4) is 0 Å². The molecule has 32 heavy (non-hydrogen) atoms. The van der Waals surface area contributed by atoms with Crippen LogP contribution in [0.15, 0.2) is 24.3 Å². The molecule has 1 aromatic carbocycles. The molecule has 1 aromatic rings. The van der Waals surface area contributed by atoms with Gasteiger partial charge in [-0.2, -0.15) is 13.2 Å². The fourth-order valence-electron chi connectivity index (χ4n) is 6.03. The molecule has 0 nitrogen and oxygen atoms in total. The summed E-state index contributed by atoms with van der Waals surface area (Å²) in [5.74, 6) is 2.38. The summed E-state index contributed by atoms with van der Waals surface area (Å²) in [6.07, 6.45) is 14.9. The highest BCUT2D eigenvalue weighted by Crippen LogP contribution is 2.44. The number of rotatable bonds is 9. The van der Waals surface area contributed by atoms with Crippen LogP contribution in [0.3, 0.4) is 0 Å². The van der Waals surface area contributed by atoms with E-state index in [9.17, 15) is 17.6 Å². The van der Waals surface area contributed by atoms with Crippen molar-refractivity contribution in [2.24, 2.45) is 17.8 Å². The molecule has 2 saturated carbocycles. The summed E-state index contributed by atoms with van der Waals surface area (Å²) in [4.78, 5) is 0. The second kappa shape index (κ2) is 12.2. The second-order valence-corrected chi connectivity index (χ2v) is 10.3. The highest BCUT2D eigenvalue weighted by molar-refractivity contribution is 5.51. The van der Waals surface area contributed by atoms with E-state index in [-0.39, 0.29) is 11.6 Å². The minimum atomic E-state index is -4.42. The van der Waals surface area contributed by atoms with Gasteiger partial charge in [0.15, 0.2) is 0 Å². The van der Waals surface area contributed by atoms with Crippen molar-refractivity contribution in [1.82, 2.24) is 0 Å². The standard InChI is InChI=1S/C28H40F4/c1-2-3-4-5-6-7-21-8-10-22(11-9-21)23-12-14-24(15-13-23)26-17-16-25(27(29)20-26)18-19-28(30,31)32/h16-24H,2-15H2,1H3. The zero-order valence-corrected chi connectivity index (χ0v) is 19.6. The molecule has 0 unspecified atom stereocenters. The van der Waals surface area contributed by atoms with Gasteiger partial charge < -0.3 is 0 Å². The maximum Gasteiger partial charge on any atom is 0.409 e. The van der Waals surface area contributed by atoms with Gasteiger partial charge in [0, 0.05) is 11.6 Å². The molecule has 2 fully saturated rings. The van der Waals surface area contributed by atoms with Crippen LogP contribution in [0.25, 0.3) is 6.08 Å². The Kier molecular flexibility index (Phi) is 9.67. The fraction of sp³-hybridized carbons (Fsp3) is 0.714. The largest absolute Gasteiger partial charge is 0.409 e. The van der Waals surface area contributed by atoms with Crippen LogP contribution in [-0.4, -0.2) is 6.18 Å². The van der Waals surface area contributed by atoms with Gasteiger partial charge >= 0.3 is 6.18 Å². The van der Waals surface area contributed by atoms with Crippen LogP contribution >= 0.6 is 0 Å². The molecule has 2 aliphatic rings. The summed E-state index contributed by atoms with van der Waals surface area (Å²) < 4.78 is 51.3. The van der Waals surface area contributed by atoms with E-state index in [1.807, 2.05) is 6.07 Å². The average molecular weight is 453 g/mol. The molecule has 3 rings (SSSR count). The predicted molar refractivity (Wildman–Crippen MR) is 125 cm³/mol. The lowest BCUT2D eigenvalue weighted by atomic mass is 9.68. The van der Waals surface area contributed by atoms with Crippen LogP contribution in [0.5, 0.6) is 0 Å². The zero-order valence-electron chi connectivity index (χ0n) is 19.6. The third-order valence-corrected chi connectivity index (χ3v) is 7.99. The van der Waals surface area contributed by atoms with Gasteiger partial charge in [0.2, 0.25) is 0 Å². The third-order valence-electron chi connectivity index (χ3n) is 7.99. The topological polar surface area (TPSA) is 0 Å². The maximum atomic E-state index is 14.3. The first-order valence-electron chi connectivity index (χ1n) is 12.9. The lowest BCUT2D eigenvalue weighted by Crippen LogP contribution is -2.25. The molecule has 0 aliphatic heterocycles. The minimum Gasteiger partial charge on any atom is -0.206 e. The average Bonchev–Trinajstić information content (AvgIpc) is 2.78. The number of benzene rings is 1. The van der Waals surface area contributed by atoms with Gasteiger partial charge in [-0.1, -0.05) is 70.4 Å².